The molecule has 0 aliphatic heterocycles. The highest BCUT2D eigenvalue weighted by atomic mass is 32.2. The first-order chi connectivity index (χ1) is 17.9. The first-order valence-corrected chi connectivity index (χ1v) is 14.2. The first kappa shape index (κ1) is 27.0. The Balaban J connectivity index is 1.53. The molecule has 1 aliphatic rings. The number of hydrogen-bond acceptors (Lipinski definition) is 4. The quantitative estimate of drug-likeness (QED) is 0.228. The highest BCUT2D eigenvalue weighted by molar-refractivity contribution is 7.89. The van der Waals surface area contributed by atoms with Crippen LogP contribution in [0, 0.1) is 6.92 Å². The molecule has 0 aromatic heterocycles. The summed E-state index contributed by atoms with van der Waals surface area (Å²) in [6, 6.07) is 25.8. The van der Waals surface area contributed by atoms with Gasteiger partial charge in [0.2, 0.25) is 10.0 Å². The maximum Gasteiger partial charge on any atom is 0.241 e. The summed E-state index contributed by atoms with van der Waals surface area (Å²) in [4.78, 5) is 0.249. The zero-order valence-electron chi connectivity index (χ0n) is 21.6. The summed E-state index contributed by atoms with van der Waals surface area (Å²) >= 11 is 0. The monoisotopic (exact) mass is 516 g/mol. The lowest BCUT2D eigenvalue weighted by Crippen LogP contribution is -2.39. The number of allylic oxidation sites excluding steroid dienone is 3. The van der Waals surface area contributed by atoms with E-state index in [9.17, 15) is 8.42 Å². The topological polar surface area (TPSA) is 67.4 Å². The van der Waals surface area contributed by atoms with Crippen molar-refractivity contribution in [1.29, 1.82) is 0 Å². The smallest absolute Gasteiger partial charge is 0.241 e. The molecule has 0 spiro atoms. The summed E-state index contributed by atoms with van der Waals surface area (Å²) in [5.41, 5.74) is 5.59. The Morgan fingerprint density at radius 1 is 0.811 bits per heavy atom. The van der Waals surface area contributed by atoms with Gasteiger partial charge in [0.05, 0.1) is 30.2 Å². The lowest BCUT2D eigenvalue weighted by atomic mass is 9.94. The summed E-state index contributed by atoms with van der Waals surface area (Å²) in [5.74, 6) is 0. The number of hydrogen-bond donors (Lipinski definition) is 2. The van der Waals surface area contributed by atoms with Gasteiger partial charge in [-0.25, -0.2) is 13.1 Å². The Morgan fingerprint density at radius 2 is 1.43 bits per heavy atom. The molecule has 0 fully saturated rings. The predicted octanol–water partition coefficient (Wildman–Crippen LogP) is 6.03. The van der Waals surface area contributed by atoms with E-state index in [4.69, 9.17) is 4.74 Å². The van der Waals surface area contributed by atoms with Gasteiger partial charge in [-0.3, -0.25) is 0 Å². The van der Waals surface area contributed by atoms with E-state index in [2.05, 4.69) is 29.1 Å². The van der Waals surface area contributed by atoms with Crippen LogP contribution in [-0.2, 0) is 14.8 Å². The second-order valence-electron chi connectivity index (χ2n) is 9.54. The molecular weight excluding hydrogens is 480 g/mol. The van der Waals surface area contributed by atoms with Gasteiger partial charge in [0.1, 0.15) is 0 Å². The maximum atomic E-state index is 13.5. The Kier molecular flexibility index (Phi) is 9.47. The molecule has 0 bridgehead atoms. The number of nitrogens with one attached hydrogen (secondary N) is 2. The molecule has 194 valence electrons. The zero-order chi connectivity index (χ0) is 26.1. The fraction of sp³-hybridized carbons (Fsp3) is 0.290. The molecule has 4 rings (SSSR count). The van der Waals surface area contributed by atoms with Gasteiger partial charge >= 0.3 is 0 Å². The summed E-state index contributed by atoms with van der Waals surface area (Å²) in [6.07, 6.45) is 6.42. The average molecular weight is 517 g/mol. The van der Waals surface area contributed by atoms with Crippen molar-refractivity contribution >= 4 is 10.0 Å². The van der Waals surface area contributed by atoms with Crippen molar-refractivity contribution in [2.75, 3.05) is 19.8 Å². The number of ether oxygens (including phenoxy) is 1. The molecule has 37 heavy (non-hydrogen) atoms. The second-order valence-corrected chi connectivity index (χ2v) is 11.3. The molecule has 0 saturated carbocycles. The van der Waals surface area contributed by atoms with E-state index in [0.717, 1.165) is 29.5 Å². The van der Waals surface area contributed by atoms with Gasteiger partial charge in [-0.1, -0.05) is 96.1 Å². The molecule has 1 aliphatic carbocycles. The van der Waals surface area contributed by atoms with Gasteiger partial charge in [0.15, 0.2) is 0 Å². The average Bonchev–Trinajstić information content (AvgIpc) is 2.91. The van der Waals surface area contributed by atoms with Gasteiger partial charge in [0.25, 0.3) is 0 Å². The Labute approximate surface area is 221 Å². The largest absolute Gasteiger partial charge is 0.376 e. The minimum Gasteiger partial charge on any atom is -0.376 e. The molecular formula is C31H36N2O3S. The number of sulfonamides is 1. The summed E-state index contributed by atoms with van der Waals surface area (Å²) < 4.78 is 35.9. The van der Waals surface area contributed by atoms with Crippen molar-refractivity contribution in [3.8, 4) is 0 Å². The molecule has 3 aromatic carbocycles. The van der Waals surface area contributed by atoms with Crippen LogP contribution in [0.5, 0.6) is 0 Å². The fourth-order valence-corrected chi connectivity index (χ4v) is 5.80. The van der Waals surface area contributed by atoms with E-state index < -0.39 is 16.1 Å². The van der Waals surface area contributed by atoms with Gasteiger partial charge in [-0.05, 0) is 55.5 Å². The molecule has 0 radical (unpaired) electrons. The number of benzene rings is 3. The van der Waals surface area contributed by atoms with Crippen molar-refractivity contribution in [3.63, 3.8) is 0 Å². The normalized spacial score (nSPS) is 15.5. The van der Waals surface area contributed by atoms with Crippen LogP contribution in [0.15, 0.2) is 113 Å². The van der Waals surface area contributed by atoms with Crippen LogP contribution in [0.3, 0.4) is 0 Å². The van der Waals surface area contributed by atoms with Crippen LogP contribution in [0.2, 0.25) is 0 Å². The predicted molar refractivity (Wildman–Crippen MR) is 150 cm³/mol. The van der Waals surface area contributed by atoms with Crippen LogP contribution < -0.4 is 10.0 Å². The molecule has 0 heterocycles. The van der Waals surface area contributed by atoms with Gasteiger partial charge < -0.3 is 10.1 Å². The Morgan fingerprint density at radius 3 is 2.05 bits per heavy atom. The van der Waals surface area contributed by atoms with E-state index in [-0.39, 0.29) is 10.9 Å². The number of rotatable bonds is 12. The first-order valence-electron chi connectivity index (χ1n) is 12.8. The molecule has 0 saturated heterocycles. The number of aryl methyl sites for hydroxylation is 1. The summed E-state index contributed by atoms with van der Waals surface area (Å²) in [5, 5.41) is 3.58. The van der Waals surface area contributed by atoms with E-state index in [1.807, 2.05) is 79.7 Å². The SMILES string of the molecule is CC1=CCC=C(COCCN[C@H](c2ccccc2)C(NS(=O)(=O)c2ccc(C)cc2)c2ccccc2)C1. The summed E-state index contributed by atoms with van der Waals surface area (Å²) in [7, 11) is -3.77. The third kappa shape index (κ3) is 7.73. The Bertz CT molecular complexity index is 1300. The molecule has 2 atom stereocenters. The standard InChI is InChI=1S/C31H36N2O3S/c1-24-16-18-29(19-17-24)37(34,35)33-31(28-14-7-4-8-15-28)30(27-12-5-3-6-13-27)32-20-21-36-23-26-11-9-10-25(2)22-26/h3-8,10-19,30-33H,9,20-23H2,1-2H3/t30-,31?/m1/s1. The molecule has 0 amide bonds. The summed E-state index contributed by atoms with van der Waals surface area (Å²) in [6.45, 7) is 5.81. The lowest BCUT2D eigenvalue weighted by Gasteiger charge is -2.30. The molecule has 2 N–H and O–H groups in total. The van der Waals surface area contributed by atoms with E-state index >= 15 is 0 Å². The van der Waals surface area contributed by atoms with E-state index in [1.54, 1.807) is 12.1 Å². The van der Waals surface area contributed by atoms with Crippen molar-refractivity contribution in [2.45, 2.75) is 43.7 Å². The zero-order valence-corrected chi connectivity index (χ0v) is 22.4. The van der Waals surface area contributed by atoms with Crippen LogP contribution in [0.4, 0.5) is 0 Å². The van der Waals surface area contributed by atoms with Gasteiger partial charge in [-0.15, -0.1) is 0 Å². The second kappa shape index (κ2) is 13.0. The van der Waals surface area contributed by atoms with Gasteiger partial charge in [-0.2, -0.15) is 0 Å². The third-order valence-corrected chi connectivity index (χ3v) is 8.00. The molecule has 5 nitrogen and oxygen atoms in total. The maximum absolute atomic E-state index is 13.5. The van der Waals surface area contributed by atoms with Crippen molar-refractivity contribution < 1.29 is 13.2 Å². The van der Waals surface area contributed by atoms with Crippen LogP contribution in [-0.4, -0.2) is 28.2 Å². The minimum absolute atomic E-state index is 0.249. The van der Waals surface area contributed by atoms with Crippen molar-refractivity contribution in [2.24, 2.45) is 0 Å². The highest BCUT2D eigenvalue weighted by Crippen LogP contribution is 2.31. The van der Waals surface area contributed by atoms with Crippen molar-refractivity contribution in [1.82, 2.24) is 10.0 Å². The minimum atomic E-state index is -3.77. The molecule has 3 aromatic rings. The Hall–Kier alpha value is -3.03. The van der Waals surface area contributed by atoms with Crippen LogP contribution in [0.25, 0.3) is 0 Å². The van der Waals surface area contributed by atoms with E-state index in [0.29, 0.717) is 19.8 Å². The van der Waals surface area contributed by atoms with Crippen LogP contribution in [0.1, 0.15) is 48.5 Å². The van der Waals surface area contributed by atoms with Crippen LogP contribution >= 0.6 is 0 Å². The van der Waals surface area contributed by atoms with Crippen molar-refractivity contribution in [3.05, 3.63) is 125 Å². The van der Waals surface area contributed by atoms with E-state index in [1.165, 1.54) is 11.1 Å². The fourth-order valence-electron chi connectivity index (χ4n) is 4.56. The molecule has 1 unspecified atom stereocenters. The highest BCUT2D eigenvalue weighted by Gasteiger charge is 2.29. The third-order valence-electron chi connectivity index (χ3n) is 6.54. The molecule has 6 heteroatoms. The lowest BCUT2D eigenvalue weighted by molar-refractivity contribution is 0.152. The van der Waals surface area contributed by atoms with Gasteiger partial charge in [0, 0.05) is 6.54 Å².